The van der Waals surface area contributed by atoms with Crippen molar-refractivity contribution in [3.63, 3.8) is 0 Å². The van der Waals surface area contributed by atoms with Gasteiger partial charge in [-0.1, -0.05) is 11.6 Å². The first-order valence-corrected chi connectivity index (χ1v) is 6.93. The summed E-state index contributed by atoms with van der Waals surface area (Å²) in [7, 11) is 0. The predicted octanol–water partition coefficient (Wildman–Crippen LogP) is 2.95. The molecule has 3 rings (SSSR count). The van der Waals surface area contributed by atoms with Gasteiger partial charge in [-0.2, -0.15) is 0 Å². The van der Waals surface area contributed by atoms with Gasteiger partial charge in [-0.15, -0.1) is 0 Å². The molecule has 0 saturated carbocycles. The van der Waals surface area contributed by atoms with E-state index in [1.165, 1.54) is 17.0 Å². The molecule has 2 aromatic rings. The summed E-state index contributed by atoms with van der Waals surface area (Å²) in [4.78, 5) is 24.7. The average Bonchev–Trinajstić information content (AvgIpc) is 2.93. The Labute approximate surface area is 130 Å². The Kier molecular flexibility index (Phi) is 3.54. The Bertz CT molecular complexity index is 754. The number of ether oxygens (including phenoxy) is 1. The van der Waals surface area contributed by atoms with Gasteiger partial charge in [-0.25, -0.2) is 4.79 Å². The van der Waals surface area contributed by atoms with E-state index in [1.54, 1.807) is 25.1 Å². The molecule has 0 radical (unpaired) electrons. The highest BCUT2D eigenvalue weighted by Crippen LogP contribution is 2.37. The summed E-state index contributed by atoms with van der Waals surface area (Å²) in [6, 6.07) is 7.88. The van der Waals surface area contributed by atoms with Crippen LogP contribution >= 0.6 is 11.6 Å². The largest absolute Gasteiger partial charge is 0.479 e. The standard InChI is InChI=1S/C15H12ClNO5/c1-8-14(18)17(7-10-3-5-13(22-10)15(19)20)11-6-9(16)2-4-12(11)21-8/h2-6,8H,7H2,1H3,(H,19,20). The number of carboxylic acid groups (broad SMARTS) is 1. The minimum absolute atomic E-state index is 0.104. The van der Waals surface area contributed by atoms with Crippen molar-refractivity contribution >= 4 is 29.2 Å². The zero-order valence-electron chi connectivity index (χ0n) is 11.6. The van der Waals surface area contributed by atoms with E-state index in [4.69, 9.17) is 25.9 Å². The Morgan fingerprint density at radius 2 is 2.14 bits per heavy atom. The fraction of sp³-hybridized carbons (Fsp3) is 0.200. The molecule has 0 aliphatic carbocycles. The number of anilines is 1. The van der Waals surface area contributed by atoms with Crippen LogP contribution in [-0.2, 0) is 11.3 Å². The first-order chi connectivity index (χ1) is 10.5. The van der Waals surface area contributed by atoms with Gasteiger partial charge in [0.25, 0.3) is 5.91 Å². The maximum absolute atomic E-state index is 12.3. The number of carboxylic acids is 1. The number of rotatable bonds is 3. The van der Waals surface area contributed by atoms with Crippen molar-refractivity contribution in [2.45, 2.75) is 19.6 Å². The molecular formula is C15H12ClNO5. The summed E-state index contributed by atoms with van der Waals surface area (Å²) in [6.45, 7) is 1.75. The zero-order valence-corrected chi connectivity index (χ0v) is 12.3. The molecule has 0 saturated heterocycles. The van der Waals surface area contributed by atoms with Crippen molar-refractivity contribution in [1.29, 1.82) is 0 Å². The van der Waals surface area contributed by atoms with Crippen molar-refractivity contribution in [3.05, 3.63) is 46.9 Å². The van der Waals surface area contributed by atoms with E-state index in [9.17, 15) is 9.59 Å². The molecule has 0 spiro atoms. The lowest BCUT2D eigenvalue weighted by Crippen LogP contribution is -2.43. The van der Waals surface area contributed by atoms with Gasteiger partial charge in [0, 0.05) is 5.02 Å². The van der Waals surface area contributed by atoms with Crippen LogP contribution < -0.4 is 9.64 Å². The molecule has 2 heterocycles. The third-order valence-corrected chi connectivity index (χ3v) is 3.55. The minimum atomic E-state index is -1.16. The quantitative estimate of drug-likeness (QED) is 0.940. The highest BCUT2D eigenvalue weighted by molar-refractivity contribution is 6.31. The maximum atomic E-state index is 12.3. The fourth-order valence-electron chi connectivity index (χ4n) is 2.28. The molecule has 1 aliphatic rings. The Hall–Kier alpha value is -2.47. The molecule has 1 unspecified atom stereocenters. The summed E-state index contributed by atoms with van der Waals surface area (Å²) in [6.07, 6.45) is -0.636. The first-order valence-electron chi connectivity index (χ1n) is 6.55. The van der Waals surface area contributed by atoms with E-state index in [-0.39, 0.29) is 18.2 Å². The van der Waals surface area contributed by atoms with Crippen molar-refractivity contribution in [3.8, 4) is 5.75 Å². The SMILES string of the molecule is CC1Oc2ccc(Cl)cc2N(Cc2ccc(C(=O)O)o2)C1=O. The number of furan rings is 1. The first kappa shape index (κ1) is 14.5. The highest BCUT2D eigenvalue weighted by Gasteiger charge is 2.32. The Morgan fingerprint density at radius 1 is 1.36 bits per heavy atom. The third kappa shape index (κ3) is 2.53. The van der Waals surface area contributed by atoms with Crippen molar-refractivity contribution < 1.29 is 23.8 Å². The predicted molar refractivity (Wildman–Crippen MR) is 78.4 cm³/mol. The molecular weight excluding hydrogens is 310 g/mol. The molecule has 0 bridgehead atoms. The molecule has 1 amide bonds. The number of amides is 1. The van der Waals surface area contributed by atoms with E-state index in [0.717, 1.165) is 0 Å². The number of carbonyl (C=O) groups is 2. The van der Waals surface area contributed by atoms with Gasteiger partial charge in [0.2, 0.25) is 5.76 Å². The summed E-state index contributed by atoms with van der Waals surface area (Å²) < 4.78 is 10.7. The van der Waals surface area contributed by atoms with E-state index in [1.807, 2.05) is 0 Å². The monoisotopic (exact) mass is 321 g/mol. The lowest BCUT2D eigenvalue weighted by Gasteiger charge is -2.32. The van der Waals surface area contributed by atoms with Gasteiger partial charge in [0.1, 0.15) is 11.5 Å². The number of hydrogen-bond donors (Lipinski definition) is 1. The molecule has 6 nitrogen and oxygen atoms in total. The number of fused-ring (bicyclic) bond motifs is 1. The topological polar surface area (TPSA) is 80.0 Å². The maximum Gasteiger partial charge on any atom is 0.371 e. The van der Waals surface area contributed by atoms with Gasteiger partial charge in [-0.05, 0) is 37.3 Å². The molecule has 1 N–H and O–H groups in total. The molecule has 1 aliphatic heterocycles. The molecule has 1 aromatic heterocycles. The molecule has 1 atom stereocenters. The number of aromatic carboxylic acids is 1. The molecule has 22 heavy (non-hydrogen) atoms. The normalized spacial score (nSPS) is 17.1. The molecule has 114 valence electrons. The van der Waals surface area contributed by atoms with E-state index >= 15 is 0 Å². The second kappa shape index (κ2) is 5.38. The lowest BCUT2D eigenvalue weighted by molar-refractivity contribution is -0.125. The van der Waals surface area contributed by atoms with Crippen LogP contribution in [0.15, 0.2) is 34.7 Å². The van der Waals surface area contributed by atoms with Crippen LogP contribution in [0.25, 0.3) is 0 Å². The zero-order chi connectivity index (χ0) is 15.9. The summed E-state index contributed by atoms with van der Waals surface area (Å²) in [5.41, 5.74) is 0.531. The van der Waals surface area contributed by atoms with Gasteiger partial charge in [0.15, 0.2) is 6.10 Å². The van der Waals surface area contributed by atoms with Crippen LogP contribution in [-0.4, -0.2) is 23.1 Å². The summed E-state index contributed by atoms with van der Waals surface area (Å²) in [5.74, 6) is -0.665. The van der Waals surface area contributed by atoms with Crippen LogP contribution in [0.4, 0.5) is 5.69 Å². The number of carbonyl (C=O) groups excluding carboxylic acids is 1. The number of nitrogens with zero attached hydrogens (tertiary/aromatic N) is 1. The van der Waals surface area contributed by atoms with Crippen molar-refractivity contribution in [2.75, 3.05) is 4.90 Å². The van der Waals surface area contributed by atoms with Crippen LogP contribution in [0, 0.1) is 0 Å². The minimum Gasteiger partial charge on any atom is -0.479 e. The Balaban J connectivity index is 1.96. The number of benzene rings is 1. The van der Waals surface area contributed by atoms with Gasteiger partial charge in [0.05, 0.1) is 12.2 Å². The van der Waals surface area contributed by atoms with E-state index < -0.39 is 12.1 Å². The highest BCUT2D eigenvalue weighted by atomic mass is 35.5. The molecule has 0 fully saturated rings. The lowest BCUT2D eigenvalue weighted by atomic mass is 10.2. The van der Waals surface area contributed by atoms with Crippen LogP contribution in [0.5, 0.6) is 5.75 Å². The van der Waals surface area contributed by atoms with Crippen LogP contribution in [0.1, 0.15) is 23.2 Å². The van der Waals surface area contributed by atoms with E-state index in [0.29, 0.717) is 22.2 Å². The van der Waals surface area contributed by atoms with Crippen molar-refractivity contribution in [2.24, 2.45) is 0 Å². The second-order valence-electron chi connectivity index (χ2n) is 4.87. The molecule has 7 heteroatoms. The van der Waals surface area contributed by atoms with Crippen molar-refractivity contribution in [1.82, 2.24) is 0 Å². The third-order valence-electron chi connectivity index (χ3n) is 3.32. The smallest absolute Gasteiger partial charge is 0.371 e. The summed E-state index contributed by atoms with van der Waals surface area (Å²) >= 11 is 5.98. The molecule has 1 aromatic carbocycles. The Morgan fingerprint density at radius 3 is 2.82 bits per heavy atom. The van der Waals surface area contributed by atoms with Crippen LogP contribution in [0.2, 0.25) is 5.02 Å². The van der Waals surface area contributed by atoms with Gasteiger partial charge < -0.3 is 14.3 Å². The van der Waals surface area contributed by atoms with Gasteiger partial charge in [-0.3, -0.25) is 9.69 Å². The number of hydrogen-bond acceptors (Lipinski definition) is 4. The summed E-state index contributed by atoms with van der Waals surface area (Å²) in [5, 5.41) is 9.35. The van der Waals surface area contributed by atoms with E-state index in [2.05, 4.69) is 0 Å². The fourth-order valence-corrected chi connectivity index (χ4v) is 2.44. The number of halogens is 1. The van der Waals surface area contributed by atoms with Gasteiger partial charge >= 0.3 is 5.97 Å². The average molecular weight is 322 g/mol. The van der Waals surface area contributed by atoms with Crippen LogP contribution in [0.3, 0.4) is 0 Å². The second-order valence-corrected chi connectivity index (χ2v) is 5.30.